The lowest BCUT2D eigenvalue weighted by molar-refractivity contribution is 0.375. The van der Waals surface area contributed by atoms with Crippen molar-refractivity contribution in [3.63, 3.8) is 0 Å². The normalized spacial score (nSPS) is 16.0. The second-order valence-electron chi connectivity index (χ2n) is 4.20. The fraction of sp³-hybridized carbons (Fsp3) is 0.400. The second kappa shape index (κ2) is 4.35. The van der Waals surface area contributed by atoms with E-state index in [0.29, 0.717) is 19.5 Å². The number of allylic oxidation sites excluding steroid dienone is 1. The van der Waals surface area contributed by atoms with Gasteiger partial charge < -0.3 is 20.0 Å². The molecule has 18 heavy (non-hydrogen) atoms. The highest BCUT2D eigenvalue weighted by Crippen LogP contribution is 2.38. The molecule has 3 N–H and O–H groups in total. The highest BCUT2D eigenvalue weighted by atomic mass is 31.2. The Bertz CT molecular complexity index is 610. The lowest BCUT2D eigenvalue weighted by Crippen LogP contribution is -2.41. The van der Waals surface area contributed by atoms with Gasteiger partial charge in [0.2, 0.25) is 0 Å². The molecule has 0 aromatic heterocycles. The number of rotatable bonds is 3. The Hall–Kier alpha value is -1.43. The van der Waals surface area contributed by atoms with Crippen LogP contribution < -0.4 is 21.1 Å². The Labute approximate surface area is 103 Å². The SMILES string of the molecule is C=C(CP(=O)(O)O)N1CCCNc2c1c(=O)c2=O. The van der Waals surface area contributed by atoms with Gasteiger partial charge in [-0.1, -0.05) is 6.58 Å². The zero-order chi connectivity index (χ0) is 13.5. The summed E-state index contributed by atoms with van der Waals surface area (Å²) in [5.74, 6) is 0. The summed E-state index contributed by atoms with van der Waals surface area (Å²) in [6.07, 6.45) is 0.124. The van der Waals surface area contributed by atoms with E-state index >= 15 is 0 Å². The van der Waals surface area contributed by atoms with E-state index in [9.17, 15) is 14.2 Å². The van der Waals surface area contributed by atoms with Gasteiger partial charge in [-0.25, -0.2) is 0 Å². The minimum absolute atomic E-state index is 0.153. The molecule has 1 aromatic rings. The lowest BCUT2D eigenvalue weighted by atomic mass is 10.1. The summed E-state index contributed by atoms with van der Waals surface area (Å²) in [6.45, 7) is 4.54. The van der Waals surface area contributed by atoms with Crippen LogP contribution in [-0.2, 0) is 4.57 Å². The van der Waals surface area contributed by atoms with Gasteiger partial charge in [0.15, 0.2) is 0 Å². The molecule has 0 fully saturated rings. The molecule has 98 valence electrons. The minimum atomic E-state index is -4.24. The van der Waals surface area contributed by atoms with Gasteiger partial charge >= 0.3 is 7.60 Å². The summed E-state index contributed by atoms with van der Waals surface area (Å²) in [4.78, 5) is 42.1. The predicted octanol–water partition coefficient (Wildman–Crippen LogP) is -0.404. The standard InChI is InChI=1S/C10H13N2O5P/c1-6(5-18(15,16)17)12-4-2-3-11-7-8(12)10(14)9(7)13/h11H,1-5H2,(H2,15,16,17). The van der Waals surface area contributed by atoms with Crippen molar-refractivity contribution in [1.29, 1.82) is 0 Å². The predicted molar refractivity (Wildman–Crippen MR) is 67.9 cm³/mol. The molecule has 0 unspecified atom stereocenters. The molecule has 8 heteroatoms. The van der Waals surface area contributed by atoms with Crippen molar-refractivity contribution < 1.29 is 14.4 Å². The molecular weight excluding hydrogens is 259 g/mol. The lowest BCUT2D eigenvalue weighted by Gasteiger charge is -2.26. The van der Waals surface area contributed by atoms with Gasteiger partial charge in [-0.15, -0.1) is 0 Å². The molecule has 0 saturated carbocycles. The van der Waals surface area contributed by atoms with Crippen molar-refractivity contribution >= 4 is 19.0 Å². The van der Waals surface area contributed by atoms with Crippen LogP contribution in [0, 0.1) is 0 Å². The molecule has 1 aliphatic heterocycles. The van der Waals surface area contributed by atoms with Crippen molar-refractivity contribution in [2.45, 2.75) is 6.42 Å². The smallest absolute Gasteiger partial charge is 0.331 e. The van der Waals surface area contributed by atoms with Crippen LogP contribution in [0.2, 0.25) is 0 Å². The van der Waals surface area contributed by atoms with Gasteiger partial charge in [0.25, 0.3) is 10.9 Å². The first-order valence-electron chi connectivity index (χ1n) is 5.38. The Morgan fingerprint density at radius 1 is 1.39 bits per heavy atom. The third-order valence-electron chi connectivity index (χ3n) is 2.79. The maximum absolute atomic E-state index is 11.5. The van der Waals surface area contributed by atoms with Gasteiger partial charge in [0.1, 0.15) is 11.4 Å². The van der Waals surface area contributed by atoms with E-state index in [1.807, 2.05) is 0 Å². The second-order valence-corrected chi connectivity index (χ2v) is 5.85. The zero-order valence-electron chi connectivity index (χ0n) is 9.55. The Morgan fingerprint density at radius 3 is 2.67 bits per heavy atom. The van der Waals surface area contributed by atoms with Gasteiger partial charge in [0.05, 0.1) is 6.16 Å². The monoisotopic (exact) mass is 272 g/mol. The first-order chi connectivity index (χ1) is 8.31. The van der Waals surface area contributed by atoms with Crippen LogP contribution in [0.25, 0.3) is 0 Å². The molecule has 1 aromatic carbocycles. The Morgan fingerprint density at radius 2 is 2.06 bits per heavy atom. The zero-order valence-corrected chi connectivity index (χ0v) is 10.4. The van der Waals surface area contributed by atoms with E-state index in [1.54, 1.807) is 0 Å². The number of nitrogens with zero attached hydrogens (tertiary/aromatic N) is 1. The molecule has 0 aliphatic carbocycles. The van der Waals surface area contributed by atoms with Gasteiger partial charge in [-0.05, 0) is 6.42 Å². The summed E-state index contributed by atoms with van der Waals surface area (Å²) >= 11 is 0. The van der Waals surface area contributed by atoms with Crippen molar-refractivity contribution in [3.05, 3.63) is 32.7 Å². The summed E-state index contributed by atoms with van der Waals surface area (Å²) in [5.41, 5.74) is -0.659. The molecule has 0 atom stereocenters. The average Bonchev–Trinajstić information content (AvgIpc) is 2.45. The fourth-order valence-electron chi connectivity index (χ4n) is 2.00. The summed E-state index contributed by atoms with van der Waals surface area (Å²) in [5, 5.41) is 2.84. The van der Waals surface area contributed by atoms with Crippen molar-refractivity contribution in [2.75, 3.05) is 29.5 Å². The maximum Gasteiger partial charge on any atom is 0.331 e. The number of anilines is 2. The van der Waals surface area contributed by atoms with Gasteiger partial charge in [0, 0.05) is 18.8 Å². The van der Waals surface area contributed by atoms with Crippen LogP contribution in [0.5, 0.6) is 0 Å². The molecule has 1 heterocycles. The molecule has 0 bridgehead atoms. The van der Waals surface area contributed by atoms with Crippen LogP contribution in [0.4, 0.5) is 11.4 Å². The molecular formula is C10H13N2O5P. The maximum atomic E-state index is 11.5. The molecule has 0 saturated heterocycles. The van der Waals surface area contributed by atoms with E-state index in [2.05, 4.69) is 11.9 Å². The van der Waals surface area contributed by atoms with Crippen molar-refractivity contribution in [1.82, 2.24) is 0 Å². The first kappa shape index (κ1) is 13.0. The Kier molecular flexibility index (Phi) is 3.14. The van der Waals surface area contributed by atoms with Crippen molar-refractivity contribution in [3.8, 4) is 0 Å². The summed E-state index contributed by atoms with van der Waals surface area (Å²) in [7, 11) is -4.24. The van der Waals surface area contributed by atoms with E-state index < -0.39 is 24.6 Å². The van der Waals surface area contributed by atoms with E-state index in [1.165, 1.54) is 4.90 Å². The minimum Gasteiger partial charge on any atom is -0.380 e. The van der Waals surface area contributed by atoms with Crippen LogP contribution in [0.1, 0.15) is 6.42 Å². The number of hydrogen-bond acceptors (Lipinski definition) is 5. The highest BCUT2D eigenvalue weighted by molar-refractivity contribution is 7.52. The molecule has 7 nitrogen and oxygen atoms in total. The fourth-order valence-corrected chi connectivity index (χ4v) is 2.65. The van der Waals surface area contributed by atoms with Gasteiger partial charge in [-0.2, -0.15) is 0 Å². The van der Waals surface area contributed by atoms with Crippen LogP contribution >= 0.6 is 7.60 Å². The number of fused-ring (bicyclic) bond motifs is 1. The van der Waals surface area contributed by atoms with E-state index in [4.69, 9.17) is 9.79 Å². The largest absolute Gasteiger partial charge is 0.380 e. The van der Waals surface area contributed by atoms with E-state index in [-0.39, 0.29) is 17.1 Å². The van der Waals surface area contributed by atoms with Crippen LogP contribution in [0.3, 0.4) is 0 Å². The molecule has 0 radical (unpaired) electrons. The number of hydrogen-bond donors (Lipinski definition) is 3. The topological polar surface area (TPSA) is 107 Å². The third-order valence-corrected chi connectivity index (χ3v) is 3.56. The summed E-state index contributed by atoms with van der Waals surface area (Å²) in [6, 6.07) is 0. The van der Waals surface area contributed by atoms with Crippen LogP contribution in [0.15, 0.2) is 21.9 Å². The molecule has 0 spiro atoms. The quantitative estimate of drug-likeness (QED) is 0.507. The van der Waals surface area contributed by atoms with Crippen molar-refractivity contribution in [2.24, 2.45) is 0 Å². The average molecular weight is 272 g/mol. The highest BCUT2D eigenvalue weighted by Gasteiger charge is 2.30. The van der Waals surface area contributed by atoms with Gasteiger partial charge in [-0.3, -0.25) is 14.2 Å². The summed E-state index contributed by atoms with van der Waals surface area (Å²) < 4.78 is 10.9. The molecule has 1 aliphatic rings. The molecule has 2 rings (SSSR count). The molecule has 0 amide bonds. The Balaban J connectivity index is 2.32. The number of nitrogens with one attached hydrogen (secondary N) is 1. The third kappa shape index (κ3) is 2.25. The van der Waals surface area contributed by atoms with E-state index in [0.717, 1.165) is 0 Å². The van der Waals surface area contributed by atoms with Crippen LogP contribution in [-0.4, -0.2) is 29.0 Å². The first-order valence-corrected chi connectivity index (χ1v) is 7.18.